The molecular weight excluding hydrogens is 560 g/mol. The molecular formula is C31H31ClN4O4S. The molecule has 0 spiro atoms. The molecule has 10 heteroatoms. The van der Waals surface area contributed by atoms with Crippen molar-refractivity contribution in [1.82, 2.24) is 10.1 Å². The van der Waals surface area contributed by atoms with Crippen LogP contribution in [0.4, 0.5) is 5.69 Å². The number of halogens is 1. The van der Waals surface area contributed by atoms with Gasteiger partial charge in [-0.2, -0.15) is 0 Å². The molecule has 0 saturated heterocycles. The van der Waals surface area contributed by atoms with E-state index in [4.69, 9.17) is 26.2 Å². The van der Waals surface area contributed by atoms with Crippen LogP contribution in [0.2, 0.25) is 5.02 Å². The molecule has 3 aromatic carbocycles. The zero-order chi connectivity index (χ0) is 28.9. The second kappa shape index (κ2) is 12.8. The molecule has 1 unspecified atom stereocenters. The predicted molar refractivity (Wildman–Crippen MR) is 157 cm³/mol. The van der Waals surface area contributed by atoms with Crippen LogP contribution in [-0.4, -0.2) is 28.3 Å². The number of thioether (sulfide) groups is 1. The number of ether oxygens (including phenoxy) is 2. The predicted octanol–water partition coefficient (Wildman–Crippen LogP) is 5.94. The summed E-state index contributed by atoms with van der Waals surface area (Å²) >= 11 is 8.27. The van der Waals surface area contributed by atoms with Crippen LogP contribution in [0.5, 0.6) is 17.4 Å². The van der Waals surface area contributed by atoms with Crippen LogP contribution in [0.1, 0.15) is 50.9 Å². The number of fused-ring (bicyclic) bond motifs is 3. The Labute approximate surface area is 248 Å². The molecule has 0 saturated carbocycles. The molecule has 5 rings (SSSR count). The molecule has 0 radical (unpaired) electrons. The van der Waals surface area contributed by atoms with Crippen molar-refractivity contribution >= 4 is 35.0 Å². The van der Waals surface area contributed by atoms with Crippen molar-refractivity contribution in [3.8, 4) is 28.6 Å². The number of benzene rings is 3. The summed E-state index contributed by atoms with van der Waals surface area (Å²) in [6.45, 7) is 6.15. The minimum absolute atomic E-state index is 0.217. The summed E-state index contributed by atoms with van der Waals surface area (Å²) in [5.41, 5.74) is 3.09. The molecule has 1 atom stereocenters. The summed E-state index contributed by atoms with van der Waals surface area (Å²) in [6, 6.07) is 20.6. The fraction of sp³-hybridized carbons (Fsp3) is 0.290. The standard InChI is InChI=1S/C31H31ClN4O4S/c1-4-6-16-41-31-33-29(38)27-23-14-10-11-15-25(23)35(20(3)37)30(36(27)34-31)22-17-24(32)28(26(18-22)39-5-2)40-19-21-12-8-7-9-13-21/h7-15,17-18,30H,4-6,16,19H2,1-3H3. The van der Waals surface area contributed by atoms with Crippen molar-refractivity contribution in [1.29, 1.82) is 0 Å². The van der Waals surface area contributed by atoms with Gasteiger partial charge in [-0.15, -0.1) is 0 Å². The average Bonchev–Trinajstić information content (AvgIpc) is 2.96. The molecule has 0 aliphatic carbocycles. The van der Waals surface area contributed by atoms with Gasteiger partial charge in [0.2, 0.25) is 5.91 Å². The number of carbonyl (C=O) groups is 1. The smallest absolute Gasteiger partial charge is 0.293 e. The van der Waals surface area contributed by atoms with Gasteiger partial charge in [0.1, 0.15) is 6.61 Å². The summed E-state index contributed by atoms with van der Waals surface area (Å²) in [5.74, 6) is 0.994. The highest BCUT2D eigenvalue weighted by atomic mass is 35.5. The highest BCUT2D eigenvalue weighted by molar-refractivity contribution is 7.99. The second-order valence-electron chi connectivity index (χ2n) is 9.51. The first-order valence-corrected chi connectivity index (χ1v) is 14.9. The van der Waals surface area contributed by atoms with Gasteiger partial charge in [-0.1, -0.05) is 83.9 Å². The monoisotopic (exact) mass is 590 g/mol. The summed E-state index contributed by atoms with van der Waals surface area (Å²) in [4.78, 5) is 19.2. The van der Waals surface area contributed by atoms with Crippen LogP contribution >= 0.6 is 23.4 Å². The largest absolute Gasteiger partial charge is 0.854 e. The second-order valence-corrected chi connectivity index (χ2v) is 11.0. The number of hydrogen-bond acceptors (Lipinski definition) is 7. The third-order valence-corrected chi connectivity index (χ3v) is 7.85. The molecule has 1 aromatic heterocycles. The number of unbranched alkanes of at least 4 members (excludes halogenated alkanes) is 1. The Morgan fingerprint density at radius 1 is 1.10 bits per heavy atom. The molecule has 1 amide bonds. The van der Waals surface area contributed by atoms with Gasteiger partial charge in [0, 0.05) is 17.8 Å². The summed E-state index contributed by atoms with van der Waals surface area (Å²) in [7, 11) is 0. The Morgan fingerprint density at radius 2 is 1.85 bits per heavy atom. The Bertz CT molecular complexity index is 1550. The lowest BCUT2D eigenvalue weighted by Crippen LogP contribution is -2.58. The summed E-state index contributed by atoms with van der Waals surface area (Å²) < 4.78 is 13.7. The Morgan fingerprint density at radius 3 is 2.59 bits per heavy atom. The molecule has 212 valence electrons. The van der Waals surface area contributed by atoms with Crippen LogP contribution in [-0.2, 0) is 11.4 Å². The van der Waals surface area contributed by atoms with E-state index >= 15 is 0 Å². The lowest BCUT2D eigenvalue weighted by molar-refractivity contribution is -0.764. The van der Waals surface area contributed by atoms with E-state index in [0.29, 0.717) is 57.4 Å². The molecule has 8 nitrogen and oxygen atoms in total. The molecule has 41 heavy (non-hydrogen) atoms. The summed E-state index contributed by atoms with van der Waals surface area (Å²) in [6.07, 6.45) is 1.17. The van der Waals surface area contributed by atoms with Gasteiger partial charge in [-0.25, -0.2) is 9.88 Å². The maximum absolute atomic E-state index is 13.5. The third kappa shape index (κ3) is 5.96. The van der Waals surface area contributed by atoms with Crippen molar-refractivity contribution in [3.05, 3.63) is 82.9 Å². The topological polar surface area (TPSA) is 91.5 Å². The van der Waals surface area contributed by atoms with E-state index in [-0.39, 0.29) is 5.91 Å². The quantitative estimate of drug-likeness (QED) is 0.128. The molecule has 0 N–H and O–H groups in total. The van der Waals surface area contributed by atoms with Gasteiger partial charge in [-0.05, 0) is 43.2 Å². The van der Waals surface area contributed by atoms with Crippen LogP contribution in [0.3, 0.4) is 0 Å². The molecule has 0 fully saturated rings. The Hall–Kier alpha value is -3.82. The number of carbonyl (C=O) groups excluding carboxylic acids is 1. The lowest BCUT2D eigenvalue weighted by Gasteiger charge is -2.33. The van der Waals surface area contributed by atoms with E-state index in [1.807, 2.05) is 55.5 Å². The minimum Gasteiger partial charge on any atom is -0.854 e. The maximum atomic E-state index is 13.5. The molecule has 2 heterocycles. The van der Waals surface area contributed by atoms with Gasteiger partial charge in [0.25, 0.3) is 17.0 Å². The van der Waals surface area contributed by atoms with Crippen molar-refractivity contribution < 1.29 is 24.1 Å². The molecule has 4 aromatic rings. The number of hydrogen-bond donors (Lipinski definition) is 0. The molecule has 0 bridgehead atoms. The maximum Gasteiger partial charge on any atom is 0.293 e. The number of amides is 1. The Kier molecular flexibility index (Phi) is 8.95. The van der Waals surface area contributed by atoms with Gasteiger partial charge in [0.05, 0.1) is 34.3 Å². The van der Waals surface area contributed by atoms with Gasteiger partial charge >= 0.3 is 0 Å². The van der Waals surface area contributed by atoms with Gasteiger partial charge in [-0.3, -0.25) is 4.79 Å². The van der Waals surface area contributed by atoms with E-state index in [1.165, 1.54) is 18.7 Å². The fourth-order valence-corrected chi connectivity index (χ4v) is 6.00. The molecule has 1 aliphatic heterocycles. The SMILES string of the molecule is CCCCSc1nc([O-])c2[n+](n1)C(c1cc(Cl)c(OCc3ccccc3)c(OCC)c1)N(C(C)=O)c1ccccc1-2. The fourth-order valence-electron chi connectivity index (χ4n) is 4.81. The van der Waals surface area contributed by atoms with Crippen molar-refractivity contribution in [3.63, 3.8) is 0 Å². The number of aromatic nitrogens is 3. The van der Waals surface area contributed by atoms with Crippen LogP contribution in [0, 0.1) is 0 Å². The van der Waals surface area contributed by atoms with Crippen molar-refractivity contribution in [2.24, 2.45) is 0 Å². The number of nitrogens with zero attached hydrogens (tertiary/aromatic N) is 4. The highest BCUT2D eigenvalue weighted by Crippen LogP contribution is 2.44. The normalized spacial score (nSPS) is 13.9. The van der Waals surface area contributed by atoms with E-state index < -0.39 is 12.0 Å². The first kappa shape index (κ1) is 28.7. The van der Waals surface area contributed by atoms with Crippen molar-refractivity contribution in [2.75, 3.05) is 17.3 Å². The average molecular weight is 591 g/mol. The lowest BCUT2D eigenvalue weighted by atomic mass is 10.0. The zero-order valence-corrected chi connectivity index (χ0v) is 24.7. The van der Waals surface area contributed by atoms with Crippen LogP contribution in [0.25, 0.3) is 11.3 Å². The summed E-state index contributed by atoms with van der Waals surface area (Å²) in [5, 5.41) is 19.0. The number of anilines is 1. The van der Waals surface area contributed by atoms with E-state index in [1.54, 1.807) is 27.8 Å². The van der Waals surface area contributed by atoms with Crippen LogP contribution in [0.15, 0.2) is 71.9 Å². The third-order valence-electron chi connectivity index (χ3n) is 6.64. The first-order chi connectivity index (χ1) is 19.9. The van der Waals surface area contributed by atoms with E-state index in [2.05, 4.69) is 11.9 Å². The zero-order valence-electron chi connectivity index (χ0n) is 23.2. The van der Waals surface area contributed by atoms with Gasteiger partial charge < -0.3 is 14.6 Å². The van der Waals surface area contributed by atoms with E-state index in [0.717, 1.165) is 24.2 Å². The number of para-hydroxylation sites is 1. The Balaban J connectivity index is 1.66. The first-order valence-electron chi connectivity index (χ1n) is 13.6. The highest BCUT2D eigenvalue weighted by Gasteiger charge is 2.44. The van der Waals surface area contributed by atoms with Crippen LogP contribution < -0.4 is 24.2 Å². The molecule has 1 aliphatic rings. The minimum atomic E-state index is -0.807. The number of rotatable bonds is 10. The van der Waals surface area contributed by atoms with Gasteiger partial charge in [0.15, 0.2) is 11.5 Å². The van der Waals surface area contributed by atoms with Crippen molar-refractivity contribution in [2.45, 2.75) is 51.5 Å². The van der Waals surface area contributed by atoms with E-state index in [9.17, 15) is 9.90 Å².